The zero-order valence-electron chi connectivity index (χ0n) is 14.7. The van der Waals surface area contributed by atoms with Gasteiger partial charge in [-0.3, -0.25) is 4.90 Å². The predicted molar refractivity (Wildman–Crippen MR) is 100 cm³/mol. The summed E-state index contributed by atoms with van der Waals surface area (Å²) < 4.78 is 0. The van der Waals surface area contributed by atoms with Gasteiger partial charge >= 0.3 is 0 Å². The second-order valence-corrected chi connectivity index (χ2v) is 7.03. The topological polar surface area (TPSA) is 23.5 Å². The number of hydrogen-bond acceptors (Lipinski definition) is 2. The van der Waals surface area contributed by atoms with Crippen molar-refractivity contribution in [3.05, 3.63) is 65.7 Å². The molecule has 0 aromatic heterocycles. The van der Waals surface area contributed by atoms with Crippen LogP contribution in [0, 0.1) is 5.92 Å². The zero-order valence-corrected chi connectivity index (χ0v) is 14.7. The Morgan fingerprint density at radius 3 is 2.21 bits per heavy atom. The van der Waals surface area contributed by atoms with E-state index in [-0.39, 0.29) is 0 Å². The van der Waals surface area contributed by atoms with Gasteiger partial charge in [0.15, 0.2) is 0 Å². The molecule has 1 atom stereocenters. The highest BCUT2D eigenvalue weighted by Gasteiger charge is 2.27. The third-order valence-electron chi connectivity index (χ3n) is 5.30. The molecule has 0 spiro atoms. The molecule has 0 saturated carbocycles. The number of phenolic OH excluding ortho intramolecular Hbond substituents is 1. The van der Waals surface area contributed by atoms with E-state index in [2.05, 4.69) is 54.3 Å². The maximum absolute atomic E-state index is 9.62. The fraction of sp³-hybridized carbons (Fsp3) is 0.455. The van der Waals surface area contributed by atoms with Gasteiger partial charge in [0, 0.05) is 0 Å². The highest BCUT2D eigenvalue weighted by molar-refractivity contribution is 5.35. The van der Waals surface area contributed by atoms with Crippen LogP contribution in [0.2, 0.25) is 0 Å². The first-order valence-corrected chi connectivity index (χ1v) is 9.36. The van der Waals surface area contributed by atoms with Crippen LogP contribution in [0.1, 0.15) is 56.2 Å². The molecule has 1 unspecified atom stereocenters. The van der Waals surface area contributed by atoms with Crippen LogP contribution in [0.3, 0.4) is 0 Å². The van der Waals surface area contributed by atoms with Gasteiger partial charge < -0.3 is 5.11 Å². The van der Waals surface area contributed by atoms with Gasteiger partial charge in [0.1, 0.15) is 5.75 Å². The zero-order chi connectivity index (χ0) is 16.8. The van der Waals surface area contributed by atoms with Crippen LogP contribution < -0.4 is 0 Å². The lowest BCUT2D eigenvalue weighted by atomic mass is 9.88. The lowest BCUT2D eigenvalue weighted by molar-refractivity contribution is 0.146. The Hall–Kier alpha value is -1.80. The van der Waals surface area contributed by atoms with E-state index in [1.54, 1.807) is 12.1 Å². The number of rotatable bonds is 6. The Balaban J connectivity index is 1.77. The number of likely N-dealkylation sites (tertiary alicyclic amines) is 1. The van der Waals surface area contributed by atoms with Gasteiger partial charge in [-0.1, -0.05) is 68.7 Å². The summed E-state index contributed by atoms with van der Waals surface area (Å²) >= 11 is 0. The molecule has 3 rings (SSSR count). The van der Waals surface area contributed by atoms with E-state index in [1.807, 2.05) is 0 Å². The molecule has 1 N–H and O–H groups in total. The molecular formula is C22H29NO. The molecule has 1 fully saturated rings. The Morgan fingerprint density at radius 2 is 1.58 bits per heavy atom. The number of piperidine rings is 1. The quantitative estimate of drug-likeness (QED) is 0.771. The van der Waals surface area contributed by atoms with Crippen LogP contribution in [0.25, 0.3) is 0 Å². The Bertz CT molecular complexity index is 600. The molecule has 0 amide bonds. The fourth-order valence-corrected chi connectivity index (χ4v) is 3.90. The van der Waals surface area contributed by atoms with Crippen molar-refractivity contribution in [1.82, 2.24) is 4.90 Å². The average molecular weight is 323 g/mol. The summed E-state index contributed by atoms with van der Waals surface area (Å²) in [6.07, 6.45) is 6.67. The van der Waals surface area contributed by atoms with Gasteiger partial charge in [0.25, 0.3) is 0 Å². The van der Waals surface area contributed by atoms with Crippen molar-refractivity contribution in [1.29, 1.82) is 0 Å². The minimum Gasteiger partial charge on any atom is -0.508 e. The first-order valence-electron chi connectivity index (χ1n) is 9.36. The van der Waals surface area contributed by atoms with E-state index >= 15 is 0 Å². The van der Waals surface area contributed by atoms with Gasteiger partial charge in [-0.2, -0.15) is 0 Å². The summed E-state index contributed by atoms with van der Waals surface area (Å²) in [4.78, 5) is 2.62. The summed E-state index contributed by atoms with van der Waals surface area (Å²) in [6.45, 7) is 4.61. The van der Waals surface area contributed by atoms with Gasteiger partial charge in [-0.25, -0.2) is 0 Å². The minimum absolute atomic E-state index is 0.291. The summed E-state index contributed by atoms with van der Waals surface area (Å²) in [7, 11) is 0. The first-order chi connectivity index (χ1) is 11.8. The highest BCUT2D eigenvalue weighted by Crippen LogP contribution is 2.34. The highest BCUT2D eigenvalue weighted by atomic mass is 16.3. The van der Waals surface area contributed by atoms with Gasteiger partial charge in [0.2, 0.25) is 0 Å². The number of aromatic hydroxyl groups is 1. The number of benzene rings is 2. The molecule has 1 aliphatic rings. The molecule has 1 saturated heterocycles. The van der Waals surface area contributed by atoms with E-state index < -0.39 is 0 Å². The van der Waals surface area contributed by atoms with Crippen molar-refractivity contribution in [3.63, 3.8) is 0 Å². The lowest BCUT2D eigenvalue weighted by Gasteiger charge is -2.38. The summed E-state index contributed by atoms with van der Waals surface area (Å²) in [6, 6.07) is 18.8. The standard InChI is InChI=1S/C22H29NO/c1-2-3-7-18-14-16-23(17-15-18)22(19-8-5-4-6-9-19)20-10-12-21(24)13-11-20/h4-6,8-13,18,22,24H,2-3,7,14-17H2,1H3. The van der Waals surface area contributed by atoms with Crippen molar-refractivity contribution >= 4 is 0 Å². The van der Waals surface area contributed by atoms with Crippen LogP contribution in [0.4, 0.5) is 0 Å². The molecule has 0 aliphatic carbocycles. The van der Waals surface area contributed by atoms with Crippen molar-refractivity contribution in [2.24, 2.45) is 5.92 Å². The average Bonchev–Trinajstić information content (AvgIpc) is 2.64. The third-order valence-corrected chi connectivity index (χ3v) is 5.30. The molecule has 24 heavy (non-hydrogen) atoms. The third kappa shape index (κ3) is 4.18. The Labute approximate surface area is 146 Å². The SMILES string of the molecule is CCCCC1CCN(C(c2ccccc2)c2ccc(O)cc2)CC1. The smallest absolute Gasteiger partial charge is 0.115 e. The minimum atomic E-state index is 0.291. The van der Waals surface area contributed by atoms with E-state index in [1.165, 1.54) is 43.2 Å². The van der Waals surface area contributed by atoms with Crippen molar-refractivity contribution in [2.45, 2.75) is 45.1 Å². The molecule has 2 aromatic carbocycles. The van der Waals surface area contributed by atoms with Crippen molar-refractivity contribution in [2.75, 3.05) is 13.1 Å². The first kappa shape index (κ1) is 17.0. The molecule has 1 aliphatic heterocycles. The van der Waals surface area contributed by atoms with Gasteiger partial charge in [-0.15, -0.1) is 0 Å². The summed E-state index contributed by atoms with van der Waals surface area (Å²) in [5.74, 6) is 1.24. The normalized spacial score (nSPS) is 17.7. The summed E-state index contributed by atoms with van der Waals surface area (Å²) in [5.41, 5.74) is 2.61. The van der Waals surface area contributed by atoms with Crippen molar-refractivity contribution < 1.29 is 5.11 Å². The second kappa shape index (κ2) is 8.34. The maximum atomic E-state index is 9.62. The predicted octanol–water partition coefficient (Wildman–Crippen LogP) is 5.38. The van der Waals surface area contributed by atoms with Crippen LogP contribution in [0.15, 0.2) is 54.6 Å². The van der Waals surface area contributed by atoms with Crippen LogP contribution >= 0.6 is 0 Å². The van der Waals surface area contributed by atoms with Gasteiger partial charge in [-0.05, 0) is 55.1 Å². The maximum Gasteiger partial charge on any atom is 0.115 e. The van der Waals surface area contributed by atoms with E-state index in [4.69, 9.17) is 0 Å². The van der Waals surface area contributed by atoms with Crippen LogP contribution in [-0.4, -0.2) is 23.1 Å². The molecular weight excluding hydrogens is 294 g/mol. The largest absolute Gasteiger partial charge is 0.508 e. The summed E-state index contributed by atoms with van der Waals surface area (Å²) in [5, 5.41) is 9.62. The van der Waals surface area contributed by atoms with Crippen LogP contribution in [-0.2, 0) is 0 Å². The van der Waals surface area contributed by atoms with Crippen molar-refractivity contribution in [3.8, 4) is 5.75 Å². The number of nitrogens with zero attached hydrogens (tertiary/aromatic N) is 1. The van der Waals surface area contributed by atoms with Crippen LogP contribution in [0.5, 0.6) is 5.75 Å². The molecule has 2 nitrogen and oxygen atoms in total. The molecule has 2 aromatic rings. The fourth-order valence-electron chi connectivity index (χ4n) is 3.90. The second-order valence-electron chi connectivity index (χ2n) is 7.03. The van der Waals surface area contributed by atoms with Gasteiger partial charge in [0.05, 0.1) is 6.04 Å². The van der Waals surface area contributed by atoms with E-state index in [0.717, 1.165) is 19.0 Å². The van der Waals surface area contributed by atoms with E-state index in [9.17, 15) is 5.11 Å². The Kier molecular flexibility index (Phi) is 5.92. The Morgan fingerprint density at radius 1 is 0.958 bits per heavy atom. The molecule has 2 heteroatoms. The molecule has 0 bridgehead atoms. The molecule has 0 radical (unpaired) electrons. The molecule has 1 heterocycles. The lowest BCUT2D eigenvalue weighted by Crippen LogP contribution is -2.37. The number of unbranched alkanes of at least 4 members (excludes halogenated alkanes) is 1. The number of hydrogen-bond donors (Lipinski definition) is 1. The molecule has 128 valence electrons. The van der Waals surface area contributed by atoms with E-state index in [0.29, 0.717) is 11.8 Å². The number of phenols is 1. The monoisotopic (exact) mass is 323 g/mol.